The Morgan fingerprint density at radius 2 is 1.55 bits per heavy atom. The van der Waals surface area contributed by atoms with Crippen LogP contribution in [0.15, 0.2) is 23.8 Å². The molecular weight excluding hydrogens is 743 g/mol. The number of nitrogens with two attached hydrogens (primary N) is 2. The summed E-state index contributed by atoms with van der Waals surface area (Å²) in [5.74, 6) is -0.355. The number of phosphoric acid groups is 2. The fourth-order valence-electron chi connectivity index (χ4n) is 5.90. The lowest BCUT2D eigenvalue weighted by molar-refractivity contribution is -0.196. The Bertz CT molecular complexity index is 2100. The van der Waals surface area contributed by atoms with E-state index in [1.807, 2.05) is 0 Å². The Morgan fingerprint density at radius 3 is 2.24 bits per heavy atom. The molecule has 3 aliphatic heterocycles. The summed E-state index contributed by atoms with van der Waals surface area (Å²) in [5.41, 5.74) is 10.5. The Hall–Kier alpha value is -3.65. The van der Waals surface area contributed by atoms with Gasteiger partial charge in [-0.25, -0.2) is 29.1 Å². The Kier molecular flexibility index (Phi) is 9.17. The van der Waals surface area contributed by atoms with E-state index < -0.39 is 96.3 Å². The molecule has 3 aliphatic rings. The predicted octanol–water partition coefficient (Wildman–Crippen LogP) is -0.101. The molecule has 3 fully saturated rings. The van der Waals surface area contributed by atoms with Crippen LogP contribution < -0.4 is 17.0 Å². The number of nitrogens with one attached hydrogen (secondary N) is 1. The number of nitrogen functional groups attached to an aromatic ring is 2. The van der Waals surface area contributed by atoms with Crippen LogP contribution in [0.3, 0.4) is 0 Å². The standard InChI is InChI=1S/C23H27F3N10O13P2/c1-42-14-13-9(47-20(14)35-6-31-10-16(27)29-5-30-17(10)35)3-45-51(40,41)49-15-12(43-4-23(24,25)26)8(2-44-50(38,39)48-13)46-21(15)36-7-32-11-18(36)33-22(28)34-19(11)37/h5-9,12-15,20-21H,2-4H2,1H3,(H,38,39)(H,40,41)(H2,27,29,30)(H3,28,33,34,37). The highest BCUT2D eigenvalue weighted by Gasteiger charge is 2.55. The molecule has 3 saturated heterocycles. The number of imidazole rings is 2. The van der Waals surface area contributed by atoms with E-state index in [1.54, 1.807) is 0 Å². The summed E-state index contributed by atoms with van der Waals surface area (Å²) in [6, 6.07) is 0. The Labute approximate surface area is 281 Å². The summed E-state index contributed by atoms with van der Waals surface area (Å²) in [7, 11) is -9.35. The van der Waals surface area contributed by atoms with Crippen molar-refractivity contribution in [1.82, 2.24) is 39.0 Å². The van der Waals surface area contributed by atoms with Crippen molar-refractivity contribution in [3.8, 4) is 0 Å². The molecule has 7 rings (SSSR count). The SMILES string of the molecule is COC1C2OP(=O)(O)OCC3OC(n4cnc5c(=O)[nH]c(N)nc54)C(OP(=O)(O)OCC2OC1n1cnc2c(N)ncnc21)C3OCC(F)(F)F. The van der Waals surface area contributed by atoms with E-state index in [1.165, 1.54) is 18.0 Å². The molecule has 278 valence electrons. The molecule has 0 aromatic carbocycles. The number of halogens is 3. The third-order valence-corrected chi connectivity index (χ3v) is 9.95. The van der Waals surface area contributed by atoms with Crippen LogP contribution in [0, 0.1) is 0 Å². The van der Waals surface area contributed by atoms with Gasteiger partial charge in [0.25, 0.3) is 5.56 Å². The second-order valence-corrected chi connectivity index (χ2v) is 14.1. The fraction of sp³-hybridized carbons (Fsp3) is 0.565. The van der Waals surface area contributed by atoms with Gasteiger partial charge < -0.3 is 40.2 Å². The number of alkyl halides is 3. The minimum atomic E-state index is -5.35. The van der Waals surface area contributed by atoms with Crippen LogP contribution in [0.4, 0.5) is 24.9 Å². The highest BCUT2D eigenvalue weighted by molar-refractivity contribution is 7.47. The average molecular weight is 770 g/mol. The van der Waals surface area contributed by atoms with Crippen molar-refractivity contribution in [3.63, 3.8) is 0 Å². The van der Waals surface area contributed by atoms with E-state index in [-0.39, 0.29) is 34.1 Å². The molecule has 51 heavy (non-hydrogen) atoms. The maximum atomic E-state index is 13.5. The maximum absolute atomic E-state index is 13.5. The number of phosphoric ester groups is 2. The molecule has 10 unspecified atom stereocenters. The molecule has 28 heteroatoms. The van der Waals surface area contributed by atoms with Gasteiger partial charge in [-0.15, -0.1) is 0 Å². The smallest absolute Gasteiger partial charge is 0.382 e. The van der Waals surface area contributed by atoms with Gasteiger partial charge in [-0.2, -0.15) is 18.2 Å². The predicted molar refractivity (Wildman–Crippen MR) is 158 cm³/mol. The number of aromatic amines is 1. The first-order valence-corrected chi connectivity index (χ1v) is 17.5. The summed E-state index contributed by atoms with van der Waals surface area (Å²) < 4.78 is 113. The molecule has 7 N–H and O–H groups in total. The van der Waals surface area contributed by atoms with Gasteiger partial charge in [0.15, 0.2) is 35.1 Å². The molecule has 7 heterocycles. The number of hydrogen-bond acceptors (Lipinski definition) is 18. The van der Waals surface area contributed by atoms with Gasteiger partial charge in [0, 0.05) is 7.11 Å². The van der Waals surface area contributed by atoms with E-state index in [2.05, 4.69) is 29.9 Å². The second kappa shape index (κ2) is 13.1. The molecule has 23 nitrogen and oxygen atoms in total. The molecule has 0 amide bonds. The number of nitrogens with zero attached hydrogens (tertiary/aromatic N) is 7. The van der Waals surface area contributed by atoms with Crippen LogP contribution in [0.5, 0.6) is 0 Å². The van der Waals surface area contributed by atoms with Crippen LogP contribution in [0.25, 0.3) is 22.3 Å². The van der Waals surface area contributed by atoms with Gasteiger partial charge in [-0.05, 0) is 0 Å². The third kappa shape index (κ3) is 6.97. The van der Waals surface area contributed by atoms with Crippen molar-refractivity contribution < 1.29 is 69.1 Å². The topological polar surface area (TPSA) is 308 Å². The maximum Gasteiger partial charge on any atom is 0.472 e. The third-order valence-electron chi connectivity index (χ3n) is 7.98. The first-order valence-electron chi connectivity index (χ1n) is 14.5. The first kappa shape index (κ1) is 35.7. The first-order chi connectivity index (χ1) is 24.0. The van der Waals surface area contributed by atoms with E-state index in [9.17, 15) is 36.9 Å². The van der Waals surface area contributed by atoms with Crippen molar-refractivity contribution in [1.29, 1.82) is 0 Å². The zero-order valence-corrected chi connectivity index (χ0v) is 27.5. The normalized spacial score (nSPS) is 35.0. The van der Waals surface area contributed by atoms with Gasteiger partial charge >= 0.3 is 21.8 Å². The van der Waals surface area contributed by atoms with Crippen LogP contribution in [-0.2, 0) is 46.2 Å². The molecule has 0 spiro atoms. The highest BCUT2D eigenvalue weighted by Crippen LogP contribution is 2.54. The number of methoxy groups -OCH3 is 1. The molecular formula is C23H27F3N10O13P2. The van der Waals surface area contributed by atoms with Gasteiger partial charge in [0.2, 0.25) is 5.95 Å². The van der Waals surface area contributed by atoms with Gasteiger partial charge in [-0.3, -0.25) is 37.0 Å². The molecule has 2 bridgehead atoms. The minimum Gasteiger partial charge on any atom is -0.382 e. The Balaban J connectivity index is 1.25. The zero-order chi connectivity index (χ0) is 36.5. The lowest BCUT2D eigenvalue weighted by Gasteiger charge is -2.27. The molecule has 4 aromatic heterocycles. The lowest BCUT2D eigenvalue weighted by Crippen LogP contribution is -2.40. The largest absolute Gasteiger partial charge is 0.472 e. The molecule has 4 aromatic rings. The molecule has 0 saturated carbocycles. The minimum absolute atomic E-state index is 0.0295. The quantitative estimate of drug-likeness (QED) is 0.165. The summed E-state index contributed by atoms with van der Waals surface area (Å²) in [6.07, 6.45) is -14.4. The van der Waals surface area contributed by atoms with E-state index >= 15 is 0 Å². The monoisotopic (exact) mass is 770 g/mol. The number of rotatable bonds is 5. The van der Waals surface area contributed by atoms with E-state index in [0.29, 0.717) is 0 Å². The summed E-state index contributed by atoms with van der Waals surface area (Å²) in [5, 5.41) is 0. The van der Waals surface area contributed by atoms with Crippen molar-refractivity contribution in [2.75, 3.05) is 38.4 Å². The molecule has 0 radical (unpaired) electrons. The van der Waals surface area contributed by atoms with Crippen LogP contribution in [-0.4, -0.2) is 119 Å². The van der Waals surface area contributed by atoms with Crippen LogP contribution >= 0.6 is 15.6 Å². The van der Waals surface area contributed by atoms with E-state index in [0.717, 1.165) is 17.2 Å². The zero-order valence-electron chi connectivity index (χ0n) is 25.7. The number of aromatic nitrogens is 8. The van der Waals surface area contributed by atoms with Crippen molar-refractivity contribution >= 4 is 49.7 Å². The molecule has 0 aliphatic carbocycles. The Morgan fingerprint density at radius 1 is 0.922 bits per heavy atom. The van der Waals surface area contributed by atoms with E-state index in [4.69, 9.17) is 48.5 Å². The van der Waals surface area contributed by atoms with Crippen LogP contribution in [0.1, 0.15) is 12.5 Å². The molecule has 10 atom stereocenters. The van der Waals surface area contributed by atoms with Gasteiger partial charge in [0.1, 0.15) is 55.1 Å². The fourth-order valence-corrected chi connectivity index (χ4v) is 7.79. The van der Waals surface area contributed by atoms with Gasteiger partial charge in [-0.1, -0.05) is 0 Å². The number of fused-ring (bicyclic) bond motifs is 5. The summed E-state index contributed by atoms with van der Waals surface area (Å²) >= 11 is 0. The lowest BCUT2D eigenvalue weighted by atomic mass is 10.1. The number of ether oxygens (including phenoxy) is 4. The summed E-state index contributed by atoms with van der Waals surface area (Å²) in [4.78, 5) is 56.5. The van der Waals surface area contributed by atoms with Crippen LogP contribution in [0.2, 0.25) is 0 Å². The second-order valence-electron chi connectivity index (χ2n) is 11.2. The summed E-state index contributed by atoms with van der Waals surface area (Å²) in [6.45, 7) is -3.82. The number of H-pyrrole nitrogens is 1. The highest BCUT2D eigenvalue weighted by atomic mass is 31.2. The average Bonchev–Trinajstić information content (AvgIpc) is 3.81. The number of anilines is 2. The van der Waals surface area contributed by atoms with Crippen molar-refractivity contribution in [3.05, 3.63) is 29.3 Å². The van der Waals surface area contributed by atoms with Crippen molar-refractivity contribution in [2.45, 2.75) is 55.3 Å². The number of hydrogen-bond donors (Lipinski definition) is 5. The van der Waals surface area contributed by atoms with Gasteiger partial charge in [0.05, 0.1) is 25.9 Å². The van der Waals surface area contributed by atoms with Crippen molar-refractivity contribution in [2.24, 2.45) is 0 Å².